The molecule has 10 heteroatoms. The Hall–Kier alpha value is -3.69. The Morgan fingerprint density at radius 2 is 2.06 bits per heavy atom. The quantitative estimate of drug-likeness (QED) is 0.227. The number of rotatable bonds is 6. The molecular weight excluding hydrogens is 396 g/mol. The van der Waals surface area contributed by atoms with E-state index in [0.29, 0.717) is 30.9 Å². The number of likely N-dealkylation sites (tertiary alicyclic amines) is 1. The topological polar surface area (TPSA) is 174 Å². The molecule has 1 fully saturated rings. The van der Waals surface area contributed by atoms with Crippen molar-refractivity contribution in [2.75, 3.05) is 17.6 Å². The summed E-state index contributed by atoms with van der Waals surface area (Å²) in [6.45, 7) is 4.31. The second kappa shape index (κ2) is 10.9. The molecule has 1 aliphatic heterocycles. The molecule has 1 unspecified atom stereocenters. The molecule has 0 aromatic carbocycles. The molecule has 1 aliphatic rings. The number of hydrogen-bond acceptors (Lipinski definition) is 7. The summed E-state index contributed by atoms with van der Waals surface area (Å²) in [4.78, 5) is 31.0. The van der Waals surface area contributed by atoms with Gasteiger partial charge in [0.05, 0.1) is 23.6 Å². The first kappa shape index (κ1) is 23.6. The van der Waals surface area contributed by atoms with Crippen LogP contribution in [0.25, 0.3) is 0 Å². The predicted molar refractivity (Wildman–Crippen MR) is 122 cm³/mol. The number of carbonyl (C=O) groups excluding carboxylic acids is 2. The summed E-state index contributed by atoms with van der Waals surface area (Å²) >= 11 is 0. The van der Waals surface area contributed by atoms with Crippen LogP contribution >= 0.6 is 0 Å². The molecule has 0 spiro atoms. The van der Waals surface area contributed by atoms with E-state index in [1.165, 1.54) is 35.6 Å². The van der Waals surface area contributed by atoms with Gasteiger partial charge >= 0.3 is 11.8 Å². The molecule has 0 radical (unpaired) electrons. The van der Waals surface area contributed by atoms with Crippen molar-refractivity contribution in [1.29, 1.82) is 10.8 Å². The Labute approximate surface area is 181 Å². The molecule has 0 saturated carbocycles. The number of amidine groups is 1. The van der Waals surface area contributed by atoms with Gasteiger partial charge in [0.15, 0.2) is 0 Å². The van der Waals surface area contributed by atoms with Crippen LogP contribution in [-0.2, 0) is 16.0 Å². The first-order valence-corrected chi connectivity index (χ1v) is 10.1. The third-order valence-electron chi connectivity index (χ3n) is 5.04. The molecule has 2 atom stereocenters. The average Bonchev–Trinajstić information content (AvgIpc) is 2.74. The highest BCUT2D eigenvalue weighted by Gasteiger charge is 2.35. The molecule has 1 saturated heterocycles. The van der Waals surface area contributed by atoms with Gasteiger partial charge in [0.2, 0.25) is 0 Å². The number of aryl methyl sites for hydroxylation is 1. The van der Waals surface area contributed by atoms with Crippen molar-refractivity contribution in [3.05, 3.63) is 42.4 Å². The number of piperidine rings is 1. The summed E-state index contributed by atoms with van der Waals surface area (Å²) in [5.74, 6) is -0.801. The van der Waals surface area contributed by atoms with Crippen molar-refractivity contribution >= 4 is 34.9 Å². The summed E-state index contributed by atoms with van der Waals surface area (Å²) in [5, 5.41) is 21.2. The number of hydrogen-bond donors (Lipinski definition) is 6. The lowest BCUT2D eigenvalue weighted by molar-refractivity contribution is -0.145. The standard InChI is InChI=1S/C21H30N8O2/c1-3-14-10-15(11-27-19(14)25)28-20(30)21(31)29-12-13(2)4-5-17(29)16(23)7-9-26-18(24)6-8-22/h6-11,13,17,23H,3-5,12,22H2,1-2H3,(H2,24,26)(H2,25,27)(H,28,30)/b8-6-,9-7-,23-16?/t13-,17?/m0/s1. The minimum atomic E-state index is -0.780. The van der Waals surface area contributed by atoms with E-state index in [1.807, 2.05) is 13.8 Å². The van der Waals surface area contributed by atoms with Crippen LogP contribution in [0, 0.1) is 16.7 Å². The molecule has 8 N–H and O–H groups in total. The number of anilines is 2. The van der Waals surface area contributed by atoms with E-state index in [0.717, 1.165) is 12.0 Å². The summed E-state index contributed by atoms with van der Waals surface area (Å²) < 4.78 is 0. The number of nitrogen functional groups attached to an aromatic ring is 1. The lowest BCUT2D eigenvalue weighted by atomic mass is 9.91. The van der Waals surface area contributed by atoms with Gasteiger partial charge in [0.1, 0.15) is 11.7 Å². The molecule has 31 heavy (non-hydrogen) atoms. The lowest BCUT2D eigenvalue weighted by Gasteiger charge is -2.38. The van der Waals surface area contributed by atoms with Crippen molar-refractivity contribution in [2.24, 2.45) is 11.7 Å². The van der Waals surface area contributed by atoms with Crippen molar-refractivity contribution in [3.63, 3.8) is 0 Å². The Balaban J connectivity index is 2.11. The number of nitrogens with one attached hydrogen (secondary N) is 4. The van der Waals surface area contributed by atoms with Crippen molar-refractivity contribution in [3.8, 4) is 0 Å². The second-order valence-corrected chi connectivity index (χ2v) is 7.44. The van der Waals surface area contributed by atoms with E-state index in [9.17, 15) is 9.59 Å². The number of nitrogens with two attached hydrogens (primary N) is 2. The zero-order chi connectivity index (χ0) is 23.0. The van der Waals surface area contributed by atoms with Gasteiger partial charge in [-0.2, -0.15) is 0 Å². The number of nitrogens with zero attached hydrogens (tertiary/aromatic N) is 2. The van der Waals surface area contributed by atoms with Crippen LogP contribution in [0.4, 0.5) is 11.5 Å². The molecule has 10 nitrogen and oxygen atoms in total. The van der Waals surface area contributed by atoms with Crippen LogP contribution in [0.5, 0.6) is 0 Å². The fraction of sp³-hybridized carbons (Fsp3) is 0.381. The smallest absolute Gasteiger partial charge is 0.313 e. The molecule has 0 aliphatic carbocycles. The van der Waals surface area contributed by atoms with Gasteiger partial charge in [0.25, 0.3) is 0 Å². The lowest BCUT2D eigenvalue weighted by Crippen LogP contribution is -2.53. The highest BCUT2D eigenvalue weighted by molar-refractivity contribution is 6.40. The molecule has 1 aromatic heterocycles. The van der Waals surface area contributed by atoms with Crippen LogP contribution in [0.2, 0.25) is 0 Å². The highest BCUT2D eigenvalue weighted by atomic mass is 16.2. The number of aromatic nitrogens is 1. The molecule has 2 rings (SSSR count). The summed E-state index contributed by atoms with van der Waals surface area (Å²) in [5.41, 5.74) is 12.4. The minimum absolute atomic E-state index is 0.0692. The van der Waals surface area contributed by atoms with Crippen LogP contribution in [-0.4, -0.2) is 45.8 Å². The van der Waals surface area contributed by atoms with E-state index < -0.39 is 17.9 Å². The van der Waals surface area contributed by atoms with Crippen LogP contribution in [0.15, 0.2) is 36.8 Å². The van der Waals surface area contributed by atoms with Crippen LogP contribution < -0.4 is 22.1 Å². The van der Waals surface area contributed by atoms with Gasteiger partial charge in [-0.1, -0.05) is 13.8 Å². The third-order valence-corrected chi connectivity index (χ3v) is 5.04. The number of carbonyl (C=O) groups is 2. The third kappa shape index (κ3) is 6.39. The van der Waals surface area contributed by atoms with E-state index in [2.05, 4.69) is 15.6 Å². The molecule has 2 heterocycles. The maximum absolute atomic E-state index is 12.9. The second-order valence-electron chi connectivity index (χ2n) is 7.44. The van der Waals surface area contributed by atoms with E-state index in [4.69, 9.17) is 22.3 Å². The molecular formula is C21H30N8O2. The van der Waals surface area contributed by atoms with Crippen molar-refractivity contribution in [2.45, 2.75) is 39.2 Å². The Bertz CT molecular complexity index is 909. The van der Waals surface area contributed by atoms with Gasteiger partial charge in [-0.05, 0) is 55.2 Å². The highest BCUT2D eigenvalue weighted by Crippen LogP contribution is 2.23. The Morgan fingerprint density at radius 1 is 1.32 bits per heavy atom. The first-order chi connectivity index (χ1) is 14.8. The molecule has 2 amide bonds. The fourth-order valence-electron chi connectivity index (χ4n) is 3.36. The molecule has 0 bridgehead atoms. The minimum Gasteiger partial charge on any atom is -0.404 e. The van der Waals surface area contributed by atoms with Crippen LogP contribution in [0.3, 0.4) is 0 Å². The molecule has 166 valence electrons. The first-order valence-electron chi connectivity index (χ1n) is 10.1. The van der Waals surface area contributed by atoms with Gasteiger partial charge < -0.3 is 32.4 Å². The zero-order valence-corrected chi connectivity index (χ0v) is 17.8. The van der Waals surface area contributed by atoms with E-state index >= 15 is 0 Å². The monoisotopic (exact) mass is 426 g/mol. The van der Waals surface area contributed by atoms with E-state index in [-0.39, 0.29) is 17.5 Å². The SMILES string of the molecule is CCc1cc(NC(=O)C(=O)N2C[C@@H](C)CCC2C(=N)/C=C\NC(=N)/C=C\N)cnc1N. The average molecular weight is 427 g/mol. The summed E-state index contributed by atoms with van der Waals surface area (Å²) in [7, 11) is 0. The van der Waals surface area contributed by atoms with Gasteiger partial charge in [-0.15, -0.1) is 0 Å². The summed E-state index contributed by atoms with van der Waals surface area (Å²) in [6.07, 6.45) is 9.00. The van der Waals surface area contributed by atoms with Crippen molar-refractivity contribution in [1.82, 2.24) is 15.2 Å². The largest absolute Gasteiger partial charge is 0.404 e. The number of amides is 2. The van der Waals surface area contributed by atoms with Crippen molar-refractivity contribution < 1.29 is 9.59 Å². The maximum atomic E-state index is 12.9. The van der Waals surface area contributed by atoms with E-state index in [1.54, 1.807) is 6.07 Å². The van der Waals surface area contributed by atoms with Gasteiger partial charge in [0, 0.05) is 12.7 Å². The Kier molecular flexibility index (Phi) is 8.30. The zero-order valence-electron chi connectivity index (χ0n) is 17.8. The fourth-order valence-corrected chi connectivity index (χ4v) is 3.36. The molecule has 1 aromatic rings. The maximum Gasteiger partial charge on any atom is 0.313 e. The van der Waals surface area contributed by atoms with Gasteiger partial charge in [-0.3, -0.25) is 15.0 Å². The predicted octanol–water partition coefficient (Wildman–Crippen LogP) is 1.36. The van der Waals surface area contributed by atoms with Crippen LogP contribution in [0.1, 0.15) is 32.3 Å². The number of pyridine rings is 1. The normalized spacial score (nSPS) is 18.8. The summed E-state index contributed by atoms with van der Waals surface area (Å²) in [6, 6.07) is 1.17. The Morgan fingerprint density at radius 3 is 2.74 bits per heavy atom. The van der Waals surface area contributed by atoms with Gasteiger partial charge in [-0.25, -0.2) is 4.98 Å².